The SMILES string of the molecule is c1ccc2c(c1)ccc1sc3c(-c4ccc(N(c5ccc(-c6cccc7c6oc6ccccc67)cc5)c5ccc6c(c5)oc5ccccc56)cc4)cccc3c12. The molecule has 262 valence electrons. The standard InChI is InChI=1S/C52H31NO2S/c1-2-10-38-32(9-1)23-30-49-50(38)45-16-8-14-40(52(45)56-49)34-21-26-36(27-22-34)53(37-28-29-43-41-11-3-5-17-46(41)54-48(43)31-37)35-24-19-33(20-25-35)39-13-7-15-44-42-12-4-6-18-47(42)55-51(39)44/h1-31H. The zero-order chi connectivity index (χ0) is 36.7. The van der Waals surface area contributed by atoms with Crippen molar-refractivity contribution < 1.29 is 8.83 Å². The maximum atomic E-state index is 6.41. The Hall–Kier alpha value is -7.14. The fourth-order valence-corrected chi connectivity index (χ4v) is 9.90. The molecule has 0 spiro atoms. The number of hydrogen-bond acceptors (Lipinski definition) is 4. The summed E-state index contributed by atoms with van der Waals surface area (Å²) >= 11 is 1.88. The molecule has 3 nitrogen and oxygen atoms in total. The molecule has 0 fully saturated rings. The number of hydrogen-bond donors (Lipinski definition) is 0. The van der Waals surface area contributed by atoms with E-state index in [1.807, 2.05) is 35.6 Å². The highest BCUT2D eigenvalue weighted by Crippen LogP contribution is 2.45. The summed E-state index contributed by atoms with van der Waals surface area (Å²) in [4.78, 5) is 2.31. The van der Waals surface area contributed by atoms with E-state index in [-0.39, 0.29) is 0 Å². The topological polar surface area (TPSA) is 29.5 Å². The fraction of sp³-hybridized carbons (Fsp3) is 0. The van der Waals surface area contributed by atoms with Crippen LogP contribution in [0.25, 0.3) is 97.1 Å². The van der Waals surface area contributed by atoms with Gasteiger partial charge in [-0.05, 0) is 82.1 Å². The van der Waals surface area contributed by atoms with Gasteiger partial charge >= 0.3 is 0 Å². The third-order valence-corrected chi connectivity index (χ3v) is 12.5. The summed E-state index contributed by atoms with van der Waals surface area (Å²) in [6, 6.07) is 67.2. The first-order valence-electron chi connectivity index (χ1n) is 18.9. The summed E-state index contributed by atoms with van der Waals surface area (Å²) in [5.74, 6) is 0. The molecular formula is C52H31NO2S. The Morgan fingerprint density at radius 3 is 1.71 bits per heavy atom. The molecule has 0 amide bonds. The minimum absolute atomic E-state index is 0.863. The number of rotatable bonds is 5. The van der Waals surface area contributed by atoms with E-state index < -0.39 is 0 Å². The van der Waals surface area contributed by atoms with Crippen molar-refractivity contribution in [1.82, 2.24) is 0 Å². The van der Waals surface area contributed by atoms with E-state index in [1.54, 1.807) is 0 Å². The molecular weight excluding hydrogens is 703 g/mol. The van der Waals surface area contributed by atoms with Crippen LogP contribution in [0.2, 0.25) is 0 Å². The maximum absolute atomic E-state index is 6.41. The highest BCUT2D eigenvalue weighted by molar-refractivity contribution is 7.26. The summed E-state index contributed by atoms with van der Waals surface area (Å²) in [5, 5.41) is 9.72. The van der Waals surface area contributed by atoms with Crippen LogP contribution in [0, 0.1) is 0 Å². The van der Waals surface area contributed by atoms with E-state index in [0.29, 0.717) is 0 Å². The van der Waals surface area contributed by atoms with Gasteiger partial charge in [-0.1, -0.05) is 127 Å². The van der Waals surface area contributed by atoms with Crippen molar-refractivity contribution in [3.05, 3.63) is 188 Å². The molecule has 4 heteroatoms. The first kappa shape index (κ1) is 31.2. The molecule has 0 saturated carbocycles. The third kappa shape index (κ3) is 4.76. The van der Waals surface area contributed by atoms with Crippen LogP contribution in [0.4, 0.5) is 17.1 Å². The molecule has 0 unspecified atom stereocenters. The van der Waals surface area contributed by atoms with E-state index in [1.165, 1.54) is 42.1 Å². The second kappa shape index (κ2) is 12.2. The molecule has 9 aromatic carbocycles. The molecule has 0 saturated heterocycles. The Kier molecular flexibility index (Phi) is 6.80. The summed E-state index contributed by atoms with van der Waals surface area (Å²) in [6.45, 7) is 0. The number of fused-ring (bicyclic) bond motifs is 11. The first-order chi connectivity index (χ1) is 27.7. The second-order valence-corrected chi connectivity index (χ2v) is 15.5. The Labute approximate surface area is 325 Å². The summed E-state index contributed by atoms with van der Waals surface area (Å²) in [5.41, 5.74) is 11.3. The Bertz CT molecular complexity index is 3480. The normalized spacial score (nSPS) is 11.9. The van der Waals surface area contributed by atoms with Crippen LogP contribution in [0.1, 0.15) is 0 Å². The van der Waals surface area contributed by atoms with Crippen molar-refractivity contribution in [2.75, 3.05) is 4.90 Å². The van der Waals surface area contributed by atoms with Gasteiger partial charge < -0.3 is 13.7 Å². The Balaban J connectivity index is 0.981. The molecule has 3 aromatic heterocycles. The lowest BCUT2D eigenvalue weighted by Gasteiger charge is -2.26. The van der Waals surface area contributed by atoms with Gasteiger partial charge in [-0.3, -0.25) is 0 Å². The molecule has 0 aliphatic rings. The average Bonchev–Trinajstić information content (AvgIpc) is 3.96. The summed E-state index contributed by atoms with van der Waals surface area (Å²) in [6.07, 6.45) is 0. The van der Waals surface area contributed by atoms with Crippen LogP contribution in [0.3, 0.4) is 0 Å². The third-order valence-electron chi connectivity index (χ3n) is 11.3. The second-order valence-electron chi connectivity index (χ2n) is 14.4. The average molecular weight is 734 g/mol. The van der Waals surface area contributed by atoms with Crippen LogP contribution < -0.4 is 4.90 Å². The van der Waals surface area contributed by atoms with Gasteiger partial charge in [-0.15, -0.1) is 11.3 Å². The fourth-order valence-electron chi connectivity index (χ4n) is 8.65. The van der Waals surface area contributed by atoms with E-state index in [2.05, 4.69) is 169 Å². The molecule has 12 rings (SSSR count). The zero-order valence-corrected chi connectivity index (χ0v) is 30.9. The molecule has 0 aliphatic carbocycles. The minimum atomic E-state index is 0.863. The van der Waals surface area contributed by atoms with Crippen LogP contribution in [0.15, 0.2) is 197 Å². The maximum Gasteiger partial charge on any atom is 0.143 e. The number of nitrogens with zero attached hydrogens (tertiary/aromatic N) is 1. The highest BCUT2D eigenvalue weighted by atomic mass is 32.1. The van der Waals surface area contributed by atoms with Gasteiger partial charge in [-0.2, -0.15) is 0 Å². The first-order valence-corrected chi connectivity index (χ1v) is 19.7. The number of furan rings is 2. The lowest BCUT2D eigenvalue weighted by atomic mass is 9.99. The van der Waals surface area contributed by atoms with Gasteiger partial charge in [0.2, 0.25) is 0 Å². The number of thiophene rings is 1. The van der Waals surface area contributed by atoms with Crippen LogP contribution in [-0.4, -0.2) is 0 Å². The van der Waals surface area contributed by atoms with E-state index in [0.717, 1.165) is 72.1 Å². The van der Waals surface area contributed by atoms with Crippen molar-refractivity contribution in [2.45, 2.75) is 0 Å². The van der Waals surface area contributed by atoms with Crippen LogP contribution in [0.5, 0.6) is 0 Å². The van der Waals surface area contributed by atoms with E-state index >= 15 is 0 Å². The van der Waals surface area contributed by atoms with Crippen molar-refractivity contribution >= 4 is 103 Å². The number of para-hydroxylation sites is 3. The predicted molar refractivity (Wildman–Crippen MR) is 237 cm³/mol. The zero-order valence-electron chi connectivity index (χ0n) is 30.1. The van der Waals surface area contributed by atoms with Gasteiger partial charge in [0, 0.05) is 70.4 Å². The van der Waals surface area contributed by atoms with Gasteiger partial charge in [0.25, 0.3) is 0 Å². The lowest BCUT2D eigenvalue weighted by Crippen LogP contribution is -2.09. The molecule has 0 N–H and O–H groups in total. The minimum Gasteiger partial charge on any atom is -0.456 e. The molecule has 56 heavy (non-hydrogen) atoms. The van der Waals surface area contributed by atoms with Crippen molar-refractivity contribution in [3.8, 4) is 22.3 Å². The predicted octanol–water partition coefficient (Wildman–Crippen LogP) is 15.8. The molecule has 0 aliphatic heterocycles. The Morgan fingerprint density at radius 1 is 0.375 bits per heavy atom. The van der Waals surface area contributed by atoms with Gasteiger partial charge in [0.15, 0.2) is 0 Å². The van der Waals surface area contributed by atoms with E-state index in [4.69, 9.17) is 8.83 Å². The summed E-state index contributed by atoms with van der Waals surface area (Å²) in [7, 11) is 0. The van der Waals surface area contributed by atoms with Crippen LogP contribution >= 0.6 is 11.3 Å². The molecule has 3 heterocycles. The smallest absolute Gasteiger partial charge is 0.143 e. The molecule has 0 bridgehead atoms. The quantitative estimate of drug-likeness (QED) is 0.176. The molecule has 0 atom stereocenters. The van der Waals surface area contributed by atoms with Gasteiger partial charge in [0.1, 0.15) is 22.3 Å². The number of benzene rings is 9. The largest absolute Gasteiger partial charge is 0.456 e. The van der Waals surface area contributed by atoms with Crippen molar-refractivity contribution in [1.29, 1.82) is 0 Å². The van der Waals surface area contributed by atoms with Crippen LogP contribution in [-0.2, 0) is 0 Å². The number of anilines is 3. The van der Waals surface area contributed by atoms with Crippen molar-refractivity contribution in [2.24, 2.45) is 0 Å². The summed E-state index contributed by atoms with van der Waals surface area (Å²) < 4.78 is 15.4. The Morgan fingerprint density at radius 2 is 0.946 bits per heavy atom. The lowest BCUT2D eigenvalue weighted by molar-refractivity contribution is 0.669. The van der Waals surface area contributed by atoms with E-state index in [9.17, 15) is 0 Å². The monoisotopic (exact) mass is 733 g/mol. The molecule has 0 radical (unpaired) electrons. The molecule has 12 aromatic rings. The van der Waals surface area contributed by atoms with Gasteiger partial charge in [0.05, 0.1) is 0 Å². The van der Waals surface area contributed by atoms with Crippen molar-refractivity contribution in [3.63, 3.8) is 0 Å². The highest BCUT2D eigenvalue weighted by Gasteiger charge is 2.19. The van der Waals surface area contributed by atoms with Gasteiger partial charge in [-0.25, -0.2) is 0 Å².